The standard InChI is InChI=1S/C46H66ClNO7/c1-27(2)38-32(50)23-46(36(54-28(3)49)26-48-25-29-11-13-30(47)14-12-29)22-21-44(9)31(39(38)46)15-16-34-43(8)19-18-35(55-37(51)24-41(4,5)40(52)53)42(6,7)33(43)17-20-45(34,44)10/h11-14,27,31,33-36,48H,15-26H2,1-10H3,(H,52,53). The third-order valence-electron chi connectivity index (χ3n) is 16.4. The van der Waals surface area contributed by atoms with Gasteiger partial charge >= 0.3 is 17.9 Å². The largest absolute Gasteiger partial charge is 0.481 e. The molecule has 8 nitrogen and oxygen atoms in total. The molecular formula is C46H66ClNO7. The second kappa shape index (κ2) is 14.6. The van der Waals surface area contributed by atoms with Crippen molar-refractivity contribution in [3.63, 3.8) is 0 Å². The number of esters is 2. The highest BCUT2D eigenvalue weighted by Crippen LogP contribution is 2.77. The SMILES string of the molecule is CC(=O)OC(CNCc1ccc(Cl)cc1)C12CCC3(C)C(CCC4C5(C)CCC(OC(=O)CC(C)(C)C(=O)O)C(C)(C)C5CCC43C)C1=C(C(C)C)C(=O)C2. The van der Waals surface area contributed by atoms with Crippen molar-refractivity contribution in [2.24, 2.45) is 56.2 Å². The van der Waals surface area contributed by atoms with Gasteiger partial charge in [-0.3, -0.25) is 19.2 Å². The highest BCUT2D eigenvalue weighted by atomic mass is 35.5. The van der Waals surface area contributed by atoms with Gasteiger partial charge < -0.3 is 19.9 Å². The number of benzene rings is 1. The molecule has 4 fully saturated rings. The van der Waals surface area contributed by atoms with Crippen LogP contribution in [0.15, 0.2) is 35.4 Å². The zero-order chi connectivity index (χ0) is 40.5. The van der Waals surface area contributed by atoms with Crippen molar-refractivity contribution in [2.75, 3.05) is 6.54 Å². The molecule has 0 aliphatic heterocycles. The fourth-order valence-electron chi connectivity index (χ4n) is 13.4. The smallest absolute Gasteiger partial charge is 0.309 e. The van der Waals surface area contributed by atoms with E-state index in [9.17, 15) is 24.3 Å². The Morgan fingerprint density at radius 3 is 2.22 bits per heavy atom. The molecule has 55 heavy (non-hydrogen) atoms. The predicted molar refractivity (Wildman–Crippen MR) is 214 cm³/mol. The van der Waals surface area contributed by atoms with E-state index in [0.29, 0.717) is 36.4 Å². The third kappa shape index (κ3) is 6.91. The summed E-state index contributed by atoms with van der Waals surface area (Å²) < 4.78 is 12.5. The Morgan fingerprint density at radius 1 is 0.927 bits per heavy atom. The molecule has 0 bridgehead atoms. The second-order valence-electron chi connectivity index (χ2n) is 20.4. The topological polar surface area (TPSA) is 119 Å². The molecule has 9 atom stereocenters. The quantitative estimate of drug-likeness (QED) is 0.213. The lowest BCUT2D eigenvalue weighted by molar-refractivity contribution is -0.235. The first-order chi connectivity index (χ1) is 25.5. The fourth-order valence-corrected chi connectivity index (χ4v) is 13.5. The summed E-state index contributed by atoms with van der Waals surface area (Å²) in [5.41, 5.74) is 1.37. The average Bonchev–Trinajstić information content (AvgIpc) is 3.39. The van der Waals surface area contributed by atoms with Crippen molar-refractivity contribution in [2.45, 2.75) is 152 Å². The Hall–Kier alpha value is -2.71. The predicted octanol–water partition coefficient (Wildman–Crippen LogP) is 9.75. The number of hydrogen-bond acceptors (Lipinski definition) is 7. The first-order valence-corrected chi connectivity index (χ1v) is 21.2. The van der Waals surface area contributed by atoms with Crippen LogP contribution in [0.2, 0.25) is 5.02 Å². The Labute approximate surface area is 334 Å². The third-order valence-corrected chi connectivity index (χ3v) is 16.6. The number of rotatable bonds is 11. The lowest BCUT2D eigenvalue weighted by atomic mass is 9.33. The molecule has 5 aliphatic rings. The molecule has 0 heterocycles. The number of Topliss-reactive ketones (excluding diaryl/α,β-unsaturated/α-hetero) is 1. The minimum atomic E-state index is -1.18. The zero-order valence-electron chi connectivity index (χ0n) is 35.0. The molecule has 0 radical (unpaired) electrons. The van der Waals surface area contributed by atoms with Crippen LogP contribution in [0.5, 0.6) is 0 Å². The minimum Gasteiger partial charge on any atom is -0.481 e. The van der Waals surface area contributed by atoms with Gasteiger partial charge in [0.2, 0.25) is 0 Å². The van der Waals surface area contributed by atoms with E-state index in [2.05, 4.69) is 53.8 Å². The zero-order valence-corrected chi connectivity index (χ0v) is 35.8. The van der Waals surface area contributed by atoms with E-state index < -0.39 is 28.9 Å². The molecule has 0 aromatic heterocycles. The van der Waals surface area contributed by atoms with Gasteiger partial charge in [0.15, 0.2) is 5.78 Å². The molecule has 5 aliphatic carbocycles. The summed E-state index contributed by atoms with van der Waals surface area (Å²) in [6, 6.07) is 7.76. The van der Waals surface area contributed by atoms with Crippen LogP contribution in [-0.2, 0) is 35.2 Å². The van der Waals surface area contributed by atoms with Gasteiger partial charge in [0.05, 0.1) is 11.8 Å². The first kappa shape index (κ1) is 41.9. The van der Waals surface area contributed by atoms with Gasteiger partial charge in [-0.1, -0.05) is 72.2 Å². The maximum atomic E-state index is 14.3. The number of ether oxygens (including phenoxy) is 2. The van der Waals surface area contributed by atoms with Gasteiger partial charge in [0.25, 0.3) is 0 Å². The molecule has 9 unspecified atom stereocenters. The number of carbonyl (C=O) groups excluding carboxylic acids is 3. The highest BCUT2D eigenvalue weighted by molar-refractivity contribution is 6.30. The number of carbonyl (C=O) groups is 4. The lowest BCUT2D eigenvalue weighted by Crippen LogP contribution is -2.66. The van der Waals surface area contributed by atoms with Crippen LogP contribution in [0, 0.1) is 56.2 Å². The molecular weight excluding hydrogens is 714 g/mol. The second-order valence-corrected chi connectivity index (χ2v) is 20.8. The number of carboxylic acids is 1. The van der Waals surface area contributed by atoms with Crippen LogP contribution in [0.4, 0.5) is 0 Å². The molecule has 304 valence electrons. The Kier molecular flexibility index (Phi) is 11.1. The van der Waals surface area contributed by atoms with Crippen LogP contribution in [0.1, 0.15) is 139 Å². The van der Waals surface area contributed by atoms with E-state index in [1.165, 1.54) is 12.5 Å². The summed E-state index contributed by atoms with van der Waals surface area (Å²) in [4.78, 5) is 52.0. The summed E-state index contributed by atoms with van der Waals surface area (Å²) in [5.74, 6) is -0.439. The summed E-state index contributed by atoms with van der Waals surface area (Å²) in [6.45, 7) is 22.1. The summed E-state index contributed by atoms with van der Waals surface area (Å²) >= 11 is 6.14. The van der Waals surface area contributed by atoms with Crippen LogP contribution in [0.25, 0.3) is 0 Å². The Morgan fingerprint density at radius 2 is 1.60 bits per heavy atom. The van der Waals surface area contributed by atoms with Crippen molar-refractivity contribution in [3.05, 3.63) is 46.0 Å². The summed E-state index contributed by atoms with van der Waals surface area (Å²) in [5, 5.41) is 13.9. The Balaban J connectivity index is 1.30. The number of fused-ring (bicyclic) bond motifs is 7. The van der Waals surface area contributed by atoms with Crippen molar-refractivity contribution >= 4 is 35.3 Å². The summed E-state index contributed by atoms with van der Waals surface area (Å²) in [7, 11) is 0. The Bertz CT molecular complexity index is 1730. The van der Waals surface area contributed by atoms with Crippen LogP contribution < -0.4 is 5.32 Å². The van der Waals surface area contributed by atoms with Gasteiger partial charge in [-0.05, 0) is 134 Å². The fraction of sp³-hybridized carbons (Fsp3) is 0.739. The number of carboxylic acid groups (broad SMARTS) is 1. The van der Waals surface area contributed by atoms with Crippen LogP contribution in [-0.4, -0.2) is 47.6 Å². The monoisotopic (exact) mass is 779 g/mol. The number of allylic oxidation sites excluding steroid dienone is 1. The molecule has 6 rings (SSSR count). The summed E-state index contributed by atoms with van der Waals surface area (Å²) in [6.07, 6.45) is 7.14. The van der Waals surface area contributed by atoms with Crippen molar-refractivity contribution in [1.82, 2.24) is 5.32 Å². The number of aliphatic carboxylic acids is 1. The molecule has 0 spiro atoms. The van der Waals surface area contributed by atoms with Crippen molar-refractivity contribution in [3.8, 4) is 0 Å². The van der Waals surface area contributed by atoms with E-state index in [-0.39, 0.29) is 57.8 Å². The van der Waals surface area contributed by atoms with Crippen molar-refractivity contribution < 1.29 is 33.8 Å². The minimum absolute atomic E-state index is 0.0168. The van der Waals surface area contributed by atoms with Gasteiger partial charge in [-0.2, -0.15) is 0 Å². The number of hydrogen-bond donors (Lipinski definition) is 2. The molecule has 0 amide bonds. The molecule has 9 heteroatoms. The van der Waals surface area contributed by atoms with Gasteiger partial charge in [-0.25, -0.2) is 0 Å². The van der Waals surface area contributed by atoms with Crippen LogP contribution in [0.3, 0.4) is 0 Å². The van der Waals surface area contributed by atoms with Gasteiger partial charge in [-0.15, -0.1) is 0 Å². The van der Waals surface area contributed by atoms with Gasteiger partial charge in [0.1, 0.15) is 12.2 Å². The maximum Gasteiger partial charge on any atom is 0.309 e. The average molecular weight is 780 g/mol. The lowest BCUT2D eigenvalue weighted by Gasteiger charge is -2.72. The molecule has 0 saturated heterocycles. The van der Waals surface area contributed by atoms with E-state index in [1.54, 1.807) is 13.8 Å². The van der Waals surface area contributed by atoms with Crippen LogP contribution >= 0.6 is 11.6 Å². The molecule has 2 N–H and O–H groups in total. The van der Waals surface area contributed by atoms with E-state index in [1.807, 2.05) is 24.3 Å². The molecule has 1 aromatic carbocycles. The first-order valence-electron chi connectivity index (χ1n) is 20.9. The van der Waals surface area contributed by atoms with E-state index in [0.717, 1.165) is 62.5 Å². The maximum absolute atomic E-state index is 14.3. The van der Waals surface area contributed by atoms with E-state index >= 15 is 0 Å². The number of halogens is 1. The number of ketones is 1. The highest BCUT2D eigenvalue weighted by Gasteiger charge is 2.71. The molecule has 1 aromatic rings. The number of nitrogens with one attached hydrogen (secondary N) is 1. The van der Waals surface area contributed by atoms with Crippen molar-refractivity contribution in [1.29, 1.82) is 0 Å². The van der Waals surface area contributed by atoms with Gasteiger partial charge in [0, 0.05) is 42.3 Å². The van der Waals surface area contributed by atoms with E-state index in [4.69, 9.17) is 21.1 Å². The normalized spacial score (nSPS) is 36.0. The molecule has 4 saturated carbocycles.